The molecule has 3 heterocycles. The van der Waals surface area contributed by atoms with Gasteiger partial charge in [0.05, 0.1) is 10.7 Å². The summed E-state index contributed by atoms with van der Waals surface area (Å²) in [6, 6.07) is 11.4. The van der Waals surface area contributed by atoms with Crippen molar-refractivity contribution < 1.29 is 9.32 Å². The van der Waals surface area contributed by atoms with Gasteiger partial charge in [-0.2, -0.15) is 0 Å². The van der Waals surface area contributed by atoms with Crippen molar-refractivity contribution in [2.24, 2.45) is 0 Å². The van der Waals surface area contributed by atoms with E-state index in [0.717, 1.165) is 37.2 Å². The normalized spacial score (nSPS) is 15.4. The molecule has 0 aliphatic carbocycles. The van der Waals surface area contributed by atoms with Crippen LogP contribution < -0.4 is 0 Å². The van der Waals surface area contributed by atoms with Gasteiger partial charge in [0.1, 0.15) is 0 Å². The second-order valence-electron chi connectivity index (χ2n) is 6.70. The first kappa shape index (κ1) is 17.0. The van der Waals surface area contributed by atoms with E-state index in [-0.39, 0.29) is 5.91 Å². The molecule has 134 valence electrons. The van der Waals surface area contributed by atoms with Crippen LogP contribution in [0, 0.1) is 13.8 Å². The van der Waals surface area contributed by atoms with Gasteiger partial charge in [0.25, 0.3) is 5.91 Å². The predicted molar refractivity (Wildman–Crippen MR) is 101 cm³/mol. The number of piperidine rings is 1. The number of amides is 1. The number of carbonyl (C=O) groups is 1. The van der Waals surface area contributed by atoms with Crippen LogP contribution in [0.3, 0.4) is 0 Å². The van der Waals surface area contributed by atoms with Crippen LogP contribution in [-0.4, -0.2) is 34.0 Å². The van der Waals surface area contributed by atoms with E-state index in [4.69, 9.17) is 4.52 Å². The van der Waals surface area contributed by atoms with E-state index in [9.17, 15) is 4.79 Å². The number of likely N-dealkylation sites (tertiary alicyclic amines) is 1. The Kier molecular flexibility index (Phi) is 4.59. The second-order valence-corrected chi connectivity index (χ2v) is 7.94. The summed E-state index contributed by atoms with van der Waals surface area (Å²) in [5, 5.41) is 5.19. The summed E-state index contributed by atoms with van der Waals surface area (Å²) in [5.41, 5.74) is 2.43. The number of benzene rings is 1. The average molecular weight is 367 g/mol. The standard InChI is InChI=1S/C20H21N3O2S/c1-13-14(2)26-19(21-13)16-8-10-23(11-9-16)20(24)17-12-18(25-22-17)15-6-4-3-5-7-15/h3-7,12,16H,8-11H2,1-2H3. The SMILES string of the molecule is Cc1nc(C2CCN(C(=O)c3cc(-c4ccccc4)on3)CC2)sc1C. The molecule has 1 aliphatic heterocycles. The van der Waals surface area contributed by atoms with Crippen LogP contribution in [0.5, 0.6) is 0 Å². The zero-order valence-electron chi connectivity index (χ0n) is 14.9. The Bertz CT molecular complexity index is 889. The smallest absolute Gasteiger partial charge is 0.276 e. The average Bonchev–Trinajstić information content (AvgIpc) is 3.30. The van der Waals surface area contributed by atoms with Crippen molar-refractivity contribution in [3.05, 3.63) is 57.7 Å². The van der Waals surface area contributed by atoms with Gasteiger partial charge in [-0.1, -0.05) is 35.5 Å². The molecule has 0 atom stereocenters. The zero-order valence-corrected chi connectivity index (χ0v) is 15.8. The Morgan fingerprint density at radius 3 is 2.58 bits per heavy atom. The highest BCUT2D eigenvalue weighted by molar-refractivity contribution is 7.11. The first-order chi connectivity index (χ1) is 12.6. The third kappa shape index (κ3) is 3.29. The van der Waals surface area contributed by atoms with Crippen molar-refractivity contribution in [1.82, 2.24) is 15.0 Å². The van der Waals surface area contributed by atoms with Gasteiger partial charge in [-0.05, 0) is 26.7 Å². The highest BCUT2D eigenvalue weighted by atomic mass is 32.1. The van der Waals surface area contributed by atoms with E-state index < -0.39 is 0 Å². The fourth-order valence-electron chi connectivity index (χ4n) is 3.28. The lowest BCUT2D eigenvalue weighted by Crippen LogP contribution is -2.38. The van der Waals surface area contributed by atoms with Gasteiger partial charge in [0.15, 0.2) is 11.5 Å². The quantitative estimate of drug-likeness (QED) is 0.687. The molecular weight excluding hydrogens is 346 g/mol. The fourth-order valence-corrected chi connectivity index (χ4v) is 4.37. The highest BCUT2D eigenvalue weighted by Crippen LogP contribution is 2.32. The number of hydrogen-bond acceptors (Lipinski definition) is 5. The topological polar surface area (TPSA) is 59.2 Å². The number of rotatable bonds is 3. The Labute approximate surface area is 156 Å². The third-order valence-electron chi connectivity index (χ3n) is 4.96. The van der Waals surface area contributed by atoms with Crippen LogP contribution >= 0.6 is 11.3 Å². The van der Waals surface area contributed by atoms with Crippen LogP contribution in [0.15, 0.2) is 40.9 Å². The summed E-state index contributed by atoms with van der Waals surface area (Å²) in [5.74, 6) is 1.02. The number of aryl methyl sites for hydroxylation is 2. The minimum atomic E-state index is -0.0547. The Balaban J connectivity index is 1.41. The lowest BCUT2D eigenvalue weighted by atomic mass is 9.97. The Morgan fingerprint density at radius 2 is 1.92 bits per heavy atom. The number of carbonyl (C=O) groups excluding carboxylic acids is 1. The summed E-state index contributed by atoms with van der Waals surface area (Å²) in [4.78, 5) is 20.6. The molecule has 2 aromatic heterocycles. The number of aromatic nitrogens is 2. The molecule has 1 aromatic carbocycles. The first-order valence-corrected chi connectivity index (χ1v) is 9.69. The molecule has 1 amide bonds. The summed E-state index contributed by atoms with van der Waals surface area (Å²) in [6.45, 7) is 5.64. The molecule has 0 bridgehead atoms. The van der Waals surface area contributed by atoms with E-state index >= 15 is 0 Å². The molecule has 1 fully saturated rings. The molecule has 0 N–H and O–H groups in total. The molecule has 3 aromatic rings. The monoisotopic (exact) mass is 367 g/mol. The molecule has 4 rings (SSSR count). The fraction of sp³-hybridized carbons (Fsp3) is 0.350. The van der Waals surface area contributed by atoms with Gasteiger partial charge in [-0.15, -0.1) is 11.3 Å². The van der Waals surface area contributed by atoms with E-state index in [1.54, 1.807) is 17.4 Å². The lowest BCUT2D eigenvalue weighted by molar-refractivity contribution is 0.0702. The second kappa shape index (κ2) is 7.03. The van der Waals surface area contributed by atoms with Crippen molar-refractivity contribution in [1.29, 1.82) is 0 Å². The van der Waals surface area contributed by atoms with Gasteiger partial charge < -0.3 is 9.42 Å². The lowest BCUT2D eigenvalue weighted by Gasteiger charge is -2.30. The van der Waals surface area contributed by atoms with Crippen molar-refractivity contribution in [2.75, 3.05) is 13.1 Å². The largest absolute Gasteiger partial charge is 0.355 e. The van der Waals surface area contributed by atoms with Crippen molar-refractivity contribution in [3.63, 3.8) is 0 Å². The number of hydrogen-bond donors (Lipinski definition) is 0. The maximum absolute atomic E-state index is 12.7. The molecule has 26 heavy (non-hydrogen) atoms. The van der Waals surface area contributed by atoms with E-state index in [1.807, 2.05) is 35.2 Å². The van der Waals surface area contributed by atoms with E-state index in [1.165, 1.54) is 9.88 Å². The summed E-state index contributed by atoms with van der Waals surface area (Å²) in [7, 11) is 0. The van der Waals surface area contributed by atoms with Crippen LogP contribution in [-0.2, 0) is 0 Å². The van der Waals surface area contributed by atoms with Gasteiger partial charge in [0, 0.05) is 35.5 Å². The van der Waals surface area contributed by atoms with Crippen LogP contribution in [0.25, 0.3) is 11.3 Å². The summed E-state index contributed by atoms with van der Waals surface area (Å²) in [6.07, 6.45) is 1.89. The summed E-state index contributed by atoms with van der Waals surface area (Å²) >= 11 is 1.79. The van der Waals surface area contributed by atoms with Gasteiger partial charge in [-0.25, -0.2) is 4.98 Å². The number of nitrogens with zero attached hydrogens (tertiary/aromatic N) is 3. The minimum absolute atomic E-state index is 0.0547. The zero-order chi connectivity index (χ0) is 18.1. The molecule has 0 saturated carbocycles. The molecular formula is C20H21N3O2S. The Morgan fingerprint density at radius 1 is 1.19 bits per heavy atom. The van der Waals surface area contributed by atoms with Crippen LogP contribution in [0.1, 0.15) is 44.8 Å². The molecule has 5 nitrogen and oxygen atoms in total. The molecule has 0 radical (unpaired) electrons. The third-order valence-corrected chi connectivity index (χ3v) is 6.20. The molecule has 1 saturated heterocycles. The van der Waals surface area contributed by atoms with Crippen molar-refractivity contribution in [3.8, 4) is 11.3 Å². The molecule has 0 spiro atoms. The maximum atomic E-state index is 12.7. The summed E-state index contributed by atoms with van der Waals surface area (Å²) < 4.78 is 5.36. The van der Waals surface area contributed by atoms with Gasteiger partial charge >= 0.3 is 0 Å². The van der Waals surface area contributed by atoms with E-state index in [2.05, 4.69) is 24.0 Å². The highest BCUT2D eigenvalue weighted by Gasteiger charge is 2.28. The van der Waals surface area contributed by atoms with Gasteiger partial charge in [-0.3, -0.25) is 4.79 Å². The van der Waals surface area contributed by atoms with E-state index in [0.29, 0.717) is 17.4 Å². The molecule has 6 heteroatoms. The molecule has 1 aliphatic rings. The van der Waals surface area contributed by atoms with Crippen molar-refractivity contribution in [2.45, 2.75) is 32.6 Å². The van der Waals surface area contributed by atoms with Gasteiger partial charge in [0.2, 0.25) is 0 Å². The number of thiazole rings is 1. The van der Waals surface area contributed by atoms with Crippen LogP contribution in [0.2, 0.25) is 0 Å². The first-order valence-electron chi connectivity index (χ1n) is 8.87. The van der Waals surface area contributed by atoms with Crippen molar-refractivity contribution >= 4 is 17.2 Å². The Hall–Kier alpha value is -2.47. The van der Waals surface area contributed by atoms with Crippen LogP contribution in [0.4, 0.5) is 0 Å². The molecule has 0 unspecified atom stereocenters. The predicted octanol–water partition coefficient (Wildman–Crippen LogP) is 4.43. The minimum Gasteiger partial charge on any atom is -0.355 e. The maximum Gasteiger partial charge on any atom is 0.276 e.